The van der Waals surface area contributed by atoms with Crippen LogP contribution in [0.3, 0.4) is 0 Å². The first-order chi connectivity index (χ1) is 26.4. The number of carbonyl (C=O) groups excluding carboxylic acids is 2. The van der Waals surface area contributed by atoms with E-state index >= 15 is 14.0 Å². The van der Waals surface area contributed by atoms with Crippen molar-refractivity contribution in [2.75, 3.05) is 18.5 Å². The lowest BCUT2D eigenvalue weighted by molar-refractivity contribution is -0.158. The van der Waals surface area contributed by atoms with E-state index in [0.29, 0.717) is 46.8 Å². The molecule has 7 atom stereocenters. The standard InChI is InChI=1S/C45H50Cl2FN3O5/c1-42(2,3)25-35-45(31-23-33(48)32(47)24-34(31)50-41(45)54)36(29-18-13-19-30(46)22-29)38(40(53)49-21-20-44(6)26-55-43(4,5)56-44)51(35)37(27-14-9-7-10-15-27)39(52)28-16-11-8-12-17-28/h7-19,22-24,35-39,52H,20-21,25-26H2,1-6H3,(H,49,53)(H,50,54)/t35-,36+,37-,38-,39+,44+,45+/m1/s1. The van der Waals surface area contributed by atoms with E-state index in [1.165, 1.54) is 12.1 Å². The van der Waals surface area contributed by atoms with Crippen molar-refractivity contribution < 1.29 is 28.6 Å². The van der Waals surface area contributed by atoms with Gasteiger partial charge in [0, 0.05) is 29.2 Å². The van der Waals surface area contributed by atoms with Gasteiger partial charge in [0.25, 0.3) is 0 Å². The zero-order chi connectivity index (χ0) is 40.2. The number of halogens is 3. The molecule has 2 saturated heterocycles. The molecule has 0 aliphatic carbocycles. The molecule has 3 aliphatic rings. The predicted molar refractivity (Wildman–Crippen MR) is 217 cm³/mol. The molecule has 3 heterocycles. The molecule has 2 amide bonds. The van der Waals surface area contributed by atoms with Crippen molar-refractivity contribution in [2.45, 2.75) is 101 Å². The minimum Gasteiger partial charge on any atom is -0.386 e. The summed E-state index contributed by atoms with van der Waals surface area (Å²) in [6.45, 7) is 12.5. The fraction of sp³-hybridized carbons (Fsp3) is 0.422. The van der Waals surface area contributed by atoms with Crippen LogP contribution in [0.25, 0.3) is 0 Å². The van der Waals surface area contributed by atoms with Crippen LogP contribution in [0.15, 0.2) is 97.1 Å². The van der Waals surface area contributed by atoms with Crippen molar-refractivity contribution in [3.63, 3.8) is 0 Å². The molecular formula is C45H50Cl2FN3O5. The summed E-state index contributed by atoms with van der Waals surface area (Å²) in [6, 6.07) is 26.2. The van der Waals surface area contributed by atoms with Crippen LogP contribution in [0, 0.1) is 11.2 Å². The maximum Gasteiger partial charge on any atom is 0.238 e. The van der Waals surface area contributed by atoms with Gasteiger partial charge in [-0.15, -0.1) is 0 Å². The van der Waals surface area contributed by atoms with Crippen molar-refractivity contribution in [1.82, 2.24) is 10.2 Å². The Balaban J connectivity index is 1.50. The molecule has 0 radical (unpaired) electrons. The Morgan fingerprint density at radius 2 is 1.64 bits per heavy atom. The van der Waals surface area contributed by atoms with Crippen LogP contribution in [-0.4, -0.2) is 58.4 Å². The summed E-state index contributed by atoms with van der Waals surface area (Å²) in [6.07, 6.45) is -0.314. The molecular weight excluding hydrogens is 752 g/mol. The maximum atomic E-state index is 15.9. The molecule has 2 fully saturated rings. The second-order valence-corrected chi connectivity index (χ2v) is 18.2. The van der Waals surface area contributed by atoms with Crippen molar-refractivity contribution in [3.8, 4) is 0 Å². The number of nitrogens with one attached hydrogen (secondary N) is 2. The lowest BCUT2D eigenvalue weighted by atomic mass is 9.62. The second-order valence-electron chi connectivity index (χ2n) is 17.3. The highest BCUT2D eigenvalue weighted by atomic mass is 35.5. The number of anilines is 1. The summed E-state index contributed by atoms with van der Waals surface area (Å²) < 4.78 is 28.0. The van der Waals surface area contributed by atoms with Gasteiger partial charge in [0.2, 0.25) is 11.8 Å². The Hall–Kier alpha value is -3.83. The summed E-state index contributed by atoms with van der Waals surface area (Å²) in [5.74, 6) is -3.10. The van der Waals surface area contributed by atoms with Crippen LogP contribution in [0.4, 0.5) is 10.1 Å². The van der Waals surface area contributed by atoms with Crippen LogP contribution in [0.2, 0.25) is 10.0 Å². The van der Waals surface area contributed by atoms with E-state index in [1.54, 1.807) is 18.2 Å². The number of rotatable bonds is 10. The molecule has 1 spiro atoms. The first-order valence-electron chi connectivity index (χ1n) is 19.2. The Labute approximate surface area is 338 Å². The first kappa shape index (κ1) is 40.4. The molecule has 3 N–H and O–H groups in total. The van der Waals surface area contributed by atoms with E-state index in [2.05, 4.69) is 31.4 Å². The summed E-state index contributed by atoms with van der Waals surface area (Å²) in [5.41, 5.74) is 0.161. The van der Waals surface area contributed by atoms with Crippen molar-refractivity contribution in [3.05, 3.63) is 135 Å². The first-order valence-corrected chi connectivity index (χ1v) is 19.9. The molecule has 296 valence electrons. The third-order valence-electron chi connectivity index (χ3n) is 11.5. The fourth-order valence-electron chi connectivity index (χ4n) is 9.34. The van der Waals surface area contributed by atoms with Gasteiger partial charge in [0.05, 0.1) is 35.4 Å². The number of likely N-dealkylation sites (tertiary alicyclic amines) is 1. The molecule has 11 heteroatoms. The van der Waals surface area contributed by atoms with Crippen LogP contribution in [0.5, 0.6) is 0 Å². The number of benzene rings is 4. The molecule has 4 aromatic carbocycles. The lowest BCUT2D eigenvalue weighted by Crippen LogP contribution is -2.53. The fourth-order valence-corrected chi connectivity index (χ4v) is 9.70. The van der Waals surface area contributed by atoms with Gasteiger partial charge in [-0.2, -0.15) is 0 Å². The highest BCUT2D eigenvalue weighted by Gasteiger charge is 2.70. The highest BCUT2D eigenvalue weighted by molar-refractivity contribution is 6.31. The predicted octanol–water partition coefficient (Wildman–Crippen LogP) is 9.12. The summed E-state index contributed by atoms with van der Waals surface area (Å²) >= 11 is 13.1. The van der Waals surface area contributed by atoms with Gasteiger partial charge in [0.15, 0.2) is 5.79 Å². The minimum absolute atomic E-state index is 0.131. The van der Waals surface area contributed by atoms with Gasteiger partial charge in [-0.3, -0.25) is 14.5 Å². The second kappa shape index (κ2) is 15.2. The zero-order valence-corrected chi connectivity index (χ0v) is 34.1. The number of ether oxygens (including phenoxy) is 2. The van der Waals surface area contributed by atoms with E-state index in [1.807, 2.05) is 92.4 Å². The smallest absolute Gasteiger partial charge is 0.238 e. The number of fused-ring (bicyclic) bond motifs is 2. The van der Waals surface area contributed by atoms with Crippen molar-refractivity contribution in [2.24, 2.45) is 5.41 Å². The number of hydrogen-bond acceptors (Lipinski definition) is 6. The molecule has 56 heavy (non-hydrogen) atoms. The summed E-state index contributed by atoms with van der Waals surface area (Å²) in [4.78, 5) is 32.8. The Morgan fingerprint density at radius 1 is 0.982 bits per heavy atom. The SMILES string of the molecule is CC(C)(C)C[C@H]1N([C@H](c2ccccc2)[C@@H](O)c2ccccc2)[C@@H](C(=O)NCC[C@@]2(C)COC(C)(C)O2)[C@H](c2cccc(Cl)c2)[C@@]12C(=O)Nc1cc(Cl)c(F)cc12. The topological polar surface area (TPSA) is 100 Å². The number of carbonyl (C=O) groups is 2. The molecule has 7 rings (SSSR count). The van der Waals surface area contributed by atoms with Crippen LogP contribution < -0.4 is 10.6 Å². The number of hydrogen-bond donors (Lipinski definition) is 3. The van der Waals surface area contributed by atoms with E-state index in [0.717, 1.165) is 5.56 Å². The molecule has 8 nitrogen and oxygen atoms in total. The normalized spacial score (nSPS) is 26.9. The van der Waals surface area contributed by atoms with Gasteiger partial charge in [0.1, 0.15) is 11.2 Å². The van der Waals surface area contributed by atoms with Gasteiger partial charge < -0.3 is 25.2 Å². The van der Waals surface area contributed by atoms with Crippen LogP contribution >= 0.6 is 23.2 Å². The Kier molecular flexibility index (Phi) is 10.9. The largest absolute Gasteiger partial charge is 0.386 e. The average molecular weight is 803 g/mol. The van der Waals surface area contributed by atoms with Gasteiger partial charge in [-0.1, -0.05) is 117 Å². The molecule has 0 bridgehead atoms. The molecule has 0 aromatic heterocycles. The number of nitrogens with zero attached hydrogens (tertiary/aromatic N) is 1. The van der Waals surface area contributed by atoms with E-state index in [9.17, 15) is 5.11 Å². The third kappa shape index (κ3) is 7.50. The van der Waals surface area contributed by atoms with E-state index in [4.69, 9.17) is 32.7 Å². The highest BCUT2D eigenvalue weighted by Crippen LogP contribution is 2.62. The average Bonchev–Trinajstić information content (AvgIpc) is 3.70. The molecule has 0 saturated carbocycles. The molecule has 0 unspecified atom stereocenters. The van der Waals surface area contributed by atoms with Gasteiger partial charge in [-0.25, -0.2) is 4.39 Å². The quantitative estimate of drug-likeness (QED) is 0.148. The van der Waals surface area contributed by atoms with Crippen molar-refractivity contribution >= 4 is 40.7 Å². The van der Waals surface area contributed by atoms with Crippen molar-refractivity contribution in [1.29, 1.82) is 0 Å². The third-order valence-corrected chi connectivity index (χ3v) is 12.0. The Morgan fingerprint density at radius 3 is 2.25 bits per heavy atom. The van der Waals surface area contributed by atoms with Crippen LogP contribution in [-0.2, 0) is 24.5 Å². The van der Waals surface area contributed by atoms with E-state index in [-0.39, 0.29) is 23.4 Å². The molecule has 4 aromatic rings. The Bertz CT molecular complexity index is 2100. The maximum absolute atomic E-state index is 15.9. The summed E-state index contributed by atoms with van der Waals surface area (Å²) in [5, 5.41) is 19.3. The van der Waals surface area contributed by atoms with Gasteiger partial charge >= 0.3 is 0 Å². The minimum atomic E-state index is -1.55. The lowest BCUT2D eigenvalue weighted by Gasteiger charge is -2.44. The molecule has 3 aliphatic heterocycles. The number of aliphatic hydroxyl groups is 1. The zero-order valence-electron chi connectivity index (χ0n) is 32.6. The number of aliphatic hydroxyl groups excluding tert-OH is 1. The van der Waals surface area contributed by atoms with E-state index < -0.39 is 58.2 Å². The van der Waals surface area contributed by atoms with Crippen LogP contribution in [0.1, 0.15) is 94.7 Å². The summed E-state index contributed by atoms with van der Waals surface area (Å²) in [7, 11) is 0. The van der Waals surface area contributed by atoms with Gasteiger partial charge in [-0.05, 0) is 85.5 Å². The number of amides is 2. The monoisotopic (exact) mass is 801 g/mol.